The van der Waals surface area contributed by atoms with E-state index in [1.165, 1.54) is 6.07 Å². The number of ketones is 1. The molecule has 0 aliphatic rings. The van der Waals surface area contributed by atoms with Crippen molar-refractivity contribution in [1.29, 1.82) is 0 Å². The molecule has 0 amide bonds. The first-order valence-corrected chi connectivity index (χ1v) is 8.19. The summed E-state index contributed by atoms with van der Waals surface area (Å²) in [5.41, 5.74) is 3.66. The van der Waals surface area contributed by atoms with Crippen molar-refractivity contribution in [2.75, 3.05) is 0 Å². The van der Waals surface area contributed by atoms with Gasteiger partial charge < -0.3 is 15.0 Å². The van der Waals surface area contributed by atoms with Crippen LogP contribution in [0.2, 0.25) is 0 Å². The van der Waals surface area contributed by atoms with Crippen molar-refractivity contribution in [2.45, 2.75) is 0 Å². The van der Waals surface area contributed by atoms with Crippen LogP contribution < -0.4 is 0 Å². The number of carboxylic acids is 1. The number of carbonyl (C=O) groups excluding carboxylic acids is 1. The van der Waals surface area contributed by atoms with Crippen LogP contribution in [0.4, 0.5) is 0 Å². The molecular formula is C22H17NO4. The summed E-state index contributed by atoms with van der Waals surface area (Å²) < 4.78 is 1.75. The monoisotopic (exact) mass is 359 g/mol. The van der Waals surface area contributed by atoms with Gasteiger partial charge in [-0.3, -0.25) is 4.79 Å². The van der Waals surface area contributed by atoms with Crippen LogP contribution in [0.3, 0.4) is 0 Å². The average Bonchev–Trinajstić information content (AvgIpc) is 3.07. The molecule has 0 fully saturated rings. The van der Waals surface area contributed by atoms with Gasteiger partial charge in [0, 0.05) is 22.8 Å². The van der Waals surface area contributed by atoms with Crippen molar-refractivity contribution in [3.05, 3.63) is 102 Å². The number of fused-ring (bicyclic) bond motifs is 1. The van der Waals surface area contributed by atoms with Crippen LogP contribution in [0.25, 0.3) is 16.6 Å². The molecule has 0 saturated heterocycles. The highest BCUT2D eigenvalue weighted by atomic mass is 16.4. The van der Waals surface area contributed by atoms with Crippen molar-refractivity contribution < 1.29 is 20.2 Å². The molecule has 2 aromatic heterocycles. The third kappa shape index (κ3) is 3.23. The zero-order valence-corrected chi connectivity index (χ0v) is 14.3. The summed E-state index contributed by atoms with van der Waals surface area (Å²) in [5, 5.41) is 9.25. The Kier molecular flexibility index (Phi) is 4.88. The van der Waals surface area contributed by atoms with Gasteiger partial charge in [0.2, 0.25) is 5.78 Å². The lowest BCUT2D eigenvalue weighted by atomic mass is 10.0. The maximum atomic E-state index is 13.2. The Bertz CT molecular complexity index is 1120. The molecule has 4 aromatic rings. The van der Waals surface area contributed by atoms with Crippen LogP contribution in [0.15, 0.2) is 85.1 Å². The maximum absolute atomic E-state index is 13.2. The molecule has 2 aromatic carbocycles. The lowest BCUT2D eigenvalue weighted by Crippen LogP contribution is -2.07. The van der Waals surface area contributed by atoms with Crippen molar-refractivity contribution in [1.82, 2.24) is 4.40 Å². The van der Waals surface area contributed by atoms with Crippen molar-refractivity contribution in [3.63, 3.8) is 0 Å². The van der Waals surface area contributed by atoms with E-state index in [9.17, 15) is 14.7 Å². The Morgan fingerprint density at radius 3 is 2.04 bits per heavy atom. The van der Waals surface area contributed by atoms with E-state index >= 15 is 0 Å². The second-order valence-electron chi connectivity index (χ2n) is 5.98. The molecule has 3 N–H and O–H groups in total. The van der Waals surface area contributed by atoms with Gasteiger partial charge in [-0.1, -0.05) is 60.7 Å². The third-order valence-electron chi connectivity index (χ3n) is 4.36. The molecular weight excluding hydrogens is 342 g/mol. The lowest BCUT2D eigenvalue weighted by molar-refractivity contribution is 0.0696. The number of pyridine rings is 1. The SMILES string of the molecule is O.O=C(O)c1ccn2c(C(=O)c3ccccc3)c(-c3ccccc3)cc2c1. The molecule has 27 heavy (non-hydrogen) atoms. The summed E-state index contributed by atoms with van der Waals surface area (Å²) in [5.74, 6) is -1.10. The highest BCUT2D eigenvalue weighted by Crippen LogP contribution is 2.30. The molecule has 2 heterocycles. The summed E-state index contributed by atoms with van der Waals surface area (Å²) >= 11 is 0. The number of carbonyl (C=O) groups is 2. The van der Waals surface area contributed by atoms with E-state index in [0.29, 0.717) is 16.8 Å². The fraction of sp³-hybridized carbons (Fsp3) is 0. The van der Waals surface area contributed by atoms with Gasteiger partial charge in [0.15, 0.2) is 0 Å². The Hall–Kier alpha value is -3.70. The minimum Gasteiger partial charge on any atom is -0.478 e. The second kappa shape index (κ2) is 7.27. The van der Waals surface area contributed by atoms with Gasteiger partial charge in [-0.2, -0.15) is 0 Å². The Balaban J connectivity index is 0.00000210. The molecule has 0 saturated carbocycles. The Morgan fingerprint density at radius 2 is 1.41 bits per heavy atom. The lowest BCUT2D eigenvalue weighted by Gasteiger charge is -2.07. The van der Waals surface area contributed by atoms with Crippen molar-refractivity contribution in [2.24, 2.45) is 0 Å². The van der Waals surface area contributed by atoms with Crippen molar-refractivity contribution >= 4 is 17.3 Å². The molecule has 4 rings (SSSR count). The quantitative estimate of drug-likeness (QED) is 0.563. The van der Waals surface area contributed by atoms with Crippen LogP contribution in [-0.4, -0.2) is 26.7 Å². The number of aromatic nitrogens is 1. The fourth-order valence-electron chi connectivity index (χ4n) is 3.11. The molecule has 5 heteroatoms. The molecule has 0 bridgehead atoms. The van der Waals surface area contributed by atoms with Crippen molar-refractivity contribution in [3.8, 4) is 11.1 Å². The van der Waals surface area contributed by atoms with Gasteiger partial charge in [-0.25, -0.2) is 4.79 Å². The van der Waals surface area contributed by atoms with E-state index in [1.54, 1.807) is 28.8 Å². The van der Waals surface area contributed by atoms with Gasteiger partial charge in [-0.05, 0) is 23.8 Å². The number of aromatic carboxylic acids is 1. The zero-order chi connectivity index (χ0) is 18.1. The summed E-state index contributed by atoms with van der Waals surface area (Å²) in [7, 11) is 0. The smallest absolute Gasteiger partial charge is 0.335 e. The predicted octanol–water partition coefficient (Wildman–Crippen LogP) is 3.71. The molecule has 0 aliphatic carbocycles. The van der Waals surface area contributed by atoms with E-state index < -0.39 is 5.97 Å². The number of nitrogens with zero attached hydrogens (tertiary/aromatic N) is 1. The molecule has 0 unspecified atom stereocenters. The van der Waals surface area contributed by atoms with Gasteiger partial charge in [-0.15, -0.1) is 0 Å². The predicted molar refractivity (Wildman–Crippen MR) is 103 cm³/mol. The first-order valence-electron chi connectivity index (χ1n) is 8.19. The topological polar surface area (TPSA) is 90.3 Å². The summed E-state index contributed by atoms with van der Waals surface area (Å²) in [6, 6.07) is 23.6. The van der Waals surface area contributed by atoms with Gasteiger partial charge in [0.25, 0.3) is 0 Å². The highest BCUT2D eigenvalue weighted by molar-refractivity contribution is 6.13. The number of carboxylic acid groups (broad SMARTS) is 1. The largest absolute Gasteiger partial charge is 0.478 e. The number of benzene rings is 2. The Labute approximate surface area is 155 Å². The van der Waals surface area contributed by atoms with E-state index in [-0.39, 0.29) is 16.8 Å². The van der Waals surface area contributed by atoms with Gasteiger partial charge >= 0.3 is 5.97 Å². The van der Waals surface area contributed by atoms with Crippen LogP contribution >= 0.6 is 0 Å². The number of hydrogen-bond acceptors (Lipinski definition) is 2. The molecule has 5 nitrogen and oxygen atoms in total. The maximum Gasteiger partial charge on any atom is 0.335 e. The minimum absolute atomic E-state index is 0. The van der Waals surface area contributed by atoms with E-state index in [4.69, 9.17) is 0 Å². The fourth-order valence-corrected chi connectivity index (χ4v) is 3.11. The minimum atomic E-state index is -0.995. The first kappa shape index (κ1) is 18.1. The standard InChI is InChI=1S/C22H15NO3.H2O/c24-21(16-9-5-2-6-10-16)20-19(15-7-3-1-4-8-15)14-18-13-17(22(25)26)11-12-23(18)20;/h1-14H,(H,25,26);1H2. The highest BCUT2D eigenvalue weighted by Gasteiger charge is 2.20. The molecule has 0 atom stereocenters. The average molecular weight is 359 g/mol. The van der Waals surface area contributed by atoms with E-state index in [2.05, 4.69) is 0 Å². The summed E-state index contributed by atoms with van der Waals surface area (Å²) in [6.45, 7) is 0. The zero-order valence-electron chi connectivity index (χ0n) is 14.3. The first-order chi connectivity index (χ1) is 12.6. The molecule has 0 spiro atoms. The normalized spacial score (nSPS) is 10.4. The van der Waals surface area contributed by atoms with Crippen LogP contribution in [0.5, 0.6) is 0 Å². The van der Waals surface area contributed by atoms with Crippen LogP contribution in [0.1, 0.15) is 26.4 Å². The molecule has 0 aliphatic heterocycles. The van der Waals surface area contributed by atoms with Crippen LogP contribution in [0, 0.1) is 0 Å². The second-order valence-corrected chi connectivity index (χ2v) is 5.98. The van der Waals surface area contributed by atoms with Crippen LogP contribution in [-0.2, 0) is 0 Å². The molecule has 134 valence electrons. The van der Waals surface area contributed by atoms with Gasteiger partial charge in [0.05, 0.1) is 5.56 Å². The number of hydrogen-bond donors (Lipinski definition) is 1. The summed E-state index contributed by atoms with van der Waals surface area (Å²) in [6.07, 6.45) is 1.64. The van der Waals surface area contributed by atoms with E-state index in [0.717, 1.165) is 11.1 Å². The number of rotatable bonds is 4. The summed E-state index contributed by atoms with van der Waals surface area (Å²) in [4.78, 5) is 24.5. The van der Waals surface area contributed by atoms with E-state index in [1.807, 2.05) is 54.6 Å². The third-order valence-corrected chi connectivity index (χ3v) is 4.36. The van der Waals surface area contributed by atoms with Gasteiger partial charge in [0.1, 0.15) is 5.69 Å². The molecule has 0 radical (unpaired) electrons. The Morgan fingerprint density at radius 1 is 0.778 bits per heavy atom.